The Hall–Kier alpha value is -1.75. The molecular formula is C18H24N2O3. The van der Waals surface area contributed by atoms with Gasteiger partial charge in [-0.25, -0.2) is 0 Å². The second-order valence-electron chi connectivity index (χ2n) is 6.89. The van der Waals surface area contributed by atoms with Gasteiger partial charge in [-0.3, -0.25) is 10.1 Å². The van der Waals surface area contributed by atoms with E-state index in [-0.39, 0.29) is 10.6 Å². The van der Waals surface area contributed by atoms with E-state index in [1.807, 2.05) is 6.07 Å². The van der Waals surface area contributed by atoms with Gasteiger partial charge in [0.1, 0.15) is 6.29 Å². The smallest absolute Gasteiger partial charge is 0.269 e. The zero-order chi connectivity index (χ0) is 16.4. The third-order valence-corrected chi connectivity index (χ3v) is 5.59. The minimum absolute atomic E-state index is 0.0742. The van der Waals surface area contributed by atoms with Crippen LogP contribution >= 0.6 is 0 Å². The summed E-state index contributed by atoms with van der Waals surface area (Å²) in [4.78, 5) is 24.8. The molecule has 1 aromatic carbocycles. The van der Waals surface area contributed by atoms with E-state index < -0.39 is 5.41 Å². The molecule has 3 atom stereocenters. The fourth-order valence-corrected chi connectivity index (χ4v) is 4.26. The summed E-state index contributed by atoms with van der Waals surface area (Å²) < 4.78 is 0. The molecule has 3 rings (SSSR count). The third-order valence-electron chi connectivity index (χ3n) is 5.59. The number of aldehydes is 1. The number of nitro groups is 1. The zero-order valence-electron chi connectivity index (χ0n) is 13.6. The van der Waals surface area contributed by atoms with Crippen molar-refractivity contribution in [3.8, 4) is 0 Å². The summed E-state index contributed by atoms with van der Waals surface area (Å²) in [7, 11) is 0. The van der Waals surface area contributed by atoms with Gasteiger partial charge in [-0.2, -0.15) is 0 Å². The van der Waals surface area contributed by atoms with E-state index in [9.17, 15) is 14.9 Å². The average molecular weight is 316 g/mol. The molecule has 1 heterocycles. The topological polar surface area (TPSA) is 63.5 Å². The molecule has 1 aromatic rings. The zero-order valence-corrected chi connectivity index (χ0v) is 13.6. The maximum atomic E-state index is 11.8. The Balaban J connectivity index is 1.65. The summed E-state index contributed by atoms with van der Waals surface area (Å²) in [6, 6.07) is 6.62. The van der Waals surface area contributed by atoms with Crippen molar-refractivity contribution in [3.63, 3.8) is 0 Å². The molecular weight excluding hydrogens is 292 g/mol. The van der Waals surface area contributed by atoms with E-state index in [0.29, 0.717) is 11.8 Å². The largest absolute Gasteiger partial charge is 0.303 e. The summed E-state index contributed by atoms with van der Waals surface area (Å²) in [5, 5.41) is 11.0. The molecule has 2 aliphatic rings. The first kappa shape index (κ1) is 16.1. The van der Waals surface area contributed by atoms with Gasteiger partial charge in [-0.05, 0) is 30.4 Å². The highest BCUT2D eigenvalue weighted by molar-refractivity contribution is 5.77. The van der Waals surface area contributed by atoms with Crippen molar-refractivity contribution in [2.45, 2.75) is 38.0 Å². The van der Waals surface area contributed by atoms with E-state index in [1.54, 1.807) is 12.1 Å². The maximum absolute atomic E-state index is 11.8. The van der Waals surface area contributed by atoms with Gasteiger partial charge in [-0.15, -0.1) is 0 Å². The number of benzene rings is 1. The molecule has 0 N–H and O–H groups in total. The lowest BCUT2D eigenvalue weighted by molar-refractivity contribution is -0.384. The maximum Gasteiger partial charge on any atom is 0.269 e. The fourth-order valence-electron chi connectivity index (χ4n) is 4.26. The van der Waals surface area contributed by atoms with Crippen LogP contribution < -0.4 is 0 Å². The molecule has 1 unspecified atom stereocenters. The monoisotopic (exact) mass is 316 g/mol. The number of carbonyl (C=O) groups excluding carboxylic acids is 1. The molecule has 0 amide bonds. The first-order chi connectivity index (χ1) is 11.1. The lowest BCUT2D eigenvalue weighted by Gasteiger charge is -2.23. The van der Waals surface area contributed by atoms with Crippen LogP contribution in [0.4, 0.5) is 5.69 Å². The highest BCUT2D eigenvalue weighted by Crippen LogP contribution is 2.62. The molecule has 0 radical (unpaired) electrons. The number of carbonyl (C=O) groups is 1. The molecule has 0 bridgehead atoms. The van der Waals surface area contributed by atoms with Crippen LogP contribution in [-0.4, -0.2) is 35.7 Å². The van der Waals surface area contributed by atoms with Crippen LogP contribution in [0.5, 0.6) is 0 Å². The van der Waals surface area contributed by atoms with Crippen LogP contribution in [0.2, 0.25) is 0 Å². The van der Waals surface area contributed by atoms with Crippen molar-refractivity contribution in [2.75, 3.05) is 19.6 Å². The molecule has 1 saturated carbocycles. The first-order valence-electron chi connectivity index (χ1n) is 8.57. The summed E-state index contributed by atoms with van der Waals surface area (Å²) in [6.07, 6.45) is 6.05. The van der Waals surface area contributed by atoms with Gasteiger partial charge in [0, 0.05) is 25.2 Å². The fraction of sp³-hybridized carbons (Fsp3) is 0.611. The predicted molar refractivity (Wildman–Crippen MR) is 88.4 cm³/mol. The Morgan fingerprint density at radius 2 is 2.04 bits per heavy atom. The number of piperidine rings is 1. The van der Waals surface area contributed by atoms with E-state index in [1.165, 1.54) is 31.7 Å². The average Bonchev–Trinajstić information content (AvgIpc) is 2.95. The number of unbranched alkanes of at least 4 members (excludes halogenated alkanes) is 3. The minimum atomic E-state index is -0.480. The highest BCUT2D eigenvalue weighted by Gasteiger charge is 2.69. The third kappa shape index (κ3) is 2.78. The second-order valence-corrected chi connectivity index (χ2v) is 6.89. The van der Waals surface area contributed by atoms with Crippen molar-refractivity contribution < 1.29 is 9.72 Å². The van der Waals surface area contributed by atoms with Crippen molar-refractivity contribution >= 4 is 12.0 Å². The quantitative estimate of drug-likeness (QED) is 0.320. The van der Waals surface area contributed by atoms with Gasteiger partial charge in [0.2, 0.25) is 0 Å². The lowest BCUT2D eigenvalue weighted by atomic mass is 9.91. The van der Waals surface area contributed by atoms with Crippen LogP contribution in [0.15, 0.2) is 24.3 Å². The van der Waals surface area contributed by atoms with Crippen LogP contribution in [-0.2, 0) is 10.2 Å². The Morgan fingerprint density at radius 3 is 2.65 bits per heavy atom. The van der Waals surface area contributed by atoms with E-state index in [2.05, 4.69) is 11.8 Å². The predicted octanol–water partition coefficient (Wildman–Crippen LogP) is 3.17. The molecule has 1 saturated heterocycles. The van der Waals surface area contributed by atoms with Crippen molar-refractivity contribution in [1.29, 1.82) is 0 Å². The molecule has 1 aliphatic heterocycles. The first-order valence-corrected chi connectivity index (χ1v) is 8.57. The molecule has 5 nitrogen and oxygen atoms in total. The molecule has 23 heavy (non-hydrogen) atoms. The van der Waals surface area contributed by atoms with Gasteiger partial charge in [0.25, 0.3) is 5.69 Å². The number of nitrogens with zero attached hydrogens (tertiary/aromatic N) is 2. The van der Waals surface area contributed by atoms with Crippen LogP contribution in [0, 0.1) is 22.0 Å². The van der Waals surface area contributed by atoms with E-state index >= 15 is 0 Å². The summed E-state index contributed by atoms with van der Waals surface area (Å²) >= 11 is 0. The Bertz CT molecular complexity index is 590. The molecule has 1 aliphatic carbocycles. The number of likely N-dealkylation sites (tertiary alicyclic amines) is 1. The van der Waals surface area contributed by atoms with Gasteiger partial charge >= 0.3 is 0 Å². The Kier molecular flexibility index (Phi) is 4.48. The molecule has 5 heteroatoms. The number of fused-ring (bicyclic) bond motifs is 1. The minimum Gasteiger partial charge on any atom is -0.303 e. The van der Waals surface area contributed by atoms with Crippen molar-refractivity contribution in [3.05, 3.63) is 39.9 Å². The summed E-state index contributed by atoms with van der Waals surface area (Å²) in [5.41, 5.74) is 0.416. The SMILES string of the molecule is CCCCCCN1C[C@@H]2[C@H](C1)C2(C=O)c1cccc([N+](=O)[O-])c1. The Labute approximate surface area is 136 Å². The van der Waals surface area contributed by atoms with Crippen LogP contribution in [0.25, 0.3) is 0 Å². The molecule has 124 valence electrons. The lowest BCUT2D eigenvalue weighted by Crippen LogP contribution is -2.32. The van der Waals surface area contributed by atoms with Gasteiger partial charge in [0.05, 0.1) is 10.3 Å². The van der Waals surface area contributed by atoms with E-state index in [4.69, 9.17) is 0 Å². The Morgan fingerprint density at radius 1 is 1.30 bits per heavy atom. The highest BCUT2D eigenvalue weighted by atomic mass is 16.6. The van der Waals surface area contributed by atoms with Gasteiger partial charge in [-0.1, -0.05) is 38.3 Å². The van der Waals surface area contributed by atoms with Gasteiger partial charge in [0.15, 0.2) is 0 Å². The summed E-state index contributed by atoms with van der Waals surface area (Å²) in [6.45, 7) is 5.20. The number of rotatable bonds is 8. The molecule has 0 spiro atoms. The van der Waals surface area contributed by atoms with Crippen molar-refractivity contribution in [1.82, 2.24) is 4.90 Å². The van der Waals surface area contributed by atoms with Crippen LogP contribution in [0.1, 0.15) is 38.2 Å². The van der Waals surface area contributed by atoms with E-state index in [0.717, 1.165) is 31.5 Å². The standard InChI is InChI=1S/C18H24N2O3/c1-2-3-4-5-9-19-11-16-17(12-19)18(16,13-21)14-7-6-8-15(10-14)20(22)23/h6-8,10,13,16-17H,2-5,9,11-12H2,1H3/t16-,17+,18?. The van der Waals surface area contributed by atoms with Gasteiger partial charge < -0.3 is 9.69 Å². The number of hydrogen-bond donors (Lipinski definition) is 0. The number of non-ortho nitro benzene ring substituents is 1. The van der Waals surface area contributed by atoms with Crippen LogP contribution in [0.3, 0.4) is 0 Å². The molecule has 0 aromatic heterocycles. The number of hydrogen-bond acceptors (Lipinski definition) is 4. The second kappa shape index (κ2) is 6.40. The molecule has 2 fully saturated rings. The van der Waals surface area contributed by atoms with Crippen molar-refractivity contribution in [2.24, 2.45) is 11.8 Å². The normalized spacial score (nSPS) is 29.3. The number of nitro benzene ring substituents is 1. The summed E-state index contributed by atoms with van der Waals surface area (Å²) in [5.74, 6) is 0.654.